The van der Waals surface area contributed by atoms with Crippen molar-refractivity contribution in [2.24, 2.45) is 0 Å². The normalized spacial score (nSPS) is 16.9. The van der Waals surface area contributed by atoms with E-state index in [0.29, 0.717) is 17.8 Å². The maximum absolute atomic E-state index is 13.0. The summed E-state index contributed by atoms with van der Waals surface area (Å²) < 4.78 is 1.71. The lowest BCUT2D eigenvalue weighted by Crippen LogP contribution is -2.41. The van der Waals surface area contributed by atoms with Crippen molar-refractivity contribution >= 4 is 17.5 Å². The van der Waals surface area contributed by atoms with Crippen LogP contribution in [0.1, 0.15) is 53.6 Å². The Morgan fingerprint density at radius 2 is 2.07 bits per heavy atom. The molecule has 8 nitrogen and oxygen atoms in total. The molecule has 1 atom stereocenters. The molecule has 0 spiro atoms. The number of nitrogens with zero attached hydrogens (tertiary/aromatic N) is 5. The van der Waals surface area contributed by atoms with Gasteiger partial charge in [-0.3, -0.25) is 9.59 Å². The third-order valence-electron chi connectivity index (χ3n) is 4.83. The molecule has 1 fully saturated rings. The number of benzene rings is 1. The Bertz CT molecular complexity index is 845. The van der Waals surface area contributed by atoms with Crippen LogP contribution in [0.5, 0.6) is 0 Å². The summed E-state index contributed by atoms with van der Waals surface area (Å²) in [5, 5.41) is 10.9. The Hall–Kier alpha value is -2.90. The molecule has 2 aromatic rings. The van der Waals surface area contributed by atoms with Crippen molar-refractivity contribution in [1.29, 1.82) is 0 Å². The van der Waals surface area contributed by atoms with Gasteiger partial charge in [-0.15, -0.1) is 5.10 Å². The molecule has 150 valence electrons. The highest BCUT2D eigenvalue weighted by Gasteiger charge is 2.27. The summed E-state index contributed by atoms with van der Waals surface area (Å²) in [6.07, 6.45) is 3.45. The molecule has 0 radical (unpaired) electrons. The third-order valence-corrected chi connectivity index (χ3v) is 4.83. The summed E-state index contributed by atoms with van der Waals surface area (Å²) in [5.41, 5.74) is 1.98. The lowest BCUT2D eigenvalue weighted by Gasteiger charge is -2.32. The number of hydrogen-bond acceptors (Lipinski definition) is 5. The van der Waals surface area contributed by atoms with Gasteiger partial charge >= 0.3 is 0 Å². The number of nitrogens with one attached hydrogen (secondary N) is 1. The van der Waals surface area contributed by atoms with E-state index in [1.54, 1.807) is 10.9 Å². The highest BCUT2D eigenvalue weighted by molar-refractivity contribution is 5.95. The van der Waals surface area contributed by atoms with Crippen LogP contribution in [0, 0.1) is 0 Å². The number of piperidine rings is 1. The Labute approximate surface area is 165 Å². The quantitative estimate of drug-likeness (QED) is 0.852. The molecule has 1 aromatic carbocycles. The van der Waals surface area contributed by atoms with Gasteiger partial charge in [-0.25, -0.2) is 4.68 Å². The van der Waals surface area contributed by atoms with Gasteiger partial charge in [-0.1, -0.05) is 11.3 Å². The summed E-state index contributed by atoms with van der Waals surface area (Å²) in [6.45, 7) is 5.08. The average Bonchev–Trinajstić information content (AvgIpc) is 3.17. The van der Waals surface area contributed by atoms with E-state index in [2.05, 4.69) is 15.6 Å². The summed E-state index contributed by atoms with van der Waals surface area (Å²) in [5.74, 6) is -0.211. The molecule has 1 aliphatic rings. The highest BCUT2D eigenvalue weighted by atomic mass is 16.2. The lowest BCUT2D eigenvalue weighted by molar-refractivity contribution is 0.0671. The molecule has 28 heavy (non-hydrogen) atoms. The van der Waals surface area contributed by atoms with E-state index < -0.39 is 0 Å². The van der Waals surface area contributed by atoms with Crippen molar-refractivity contribution in [3.8, 4) is 0 Å². The van der Waals surface area contributed by atoms with Crippen LogP contribution in [-0.4, -0.2) is 64.9 Å². The number of anilines is 1. The van der Waals surface area contributed by atoms with E-state index in [1.807, 2.05) is 62.0 Å². The summed E-state index contributed by atoms with van der Waals surface area (Å²) >= 11 is 0. The van der Waals surface area contributed by atoms with E-state index in [1.165, 1.54) is 0 Å². The van der Waals surface area contributed by atoms with Crippen molar-refractivity contribution in [2.75, 3.05) is 32.1 Å². The molecular formula is C20H28N6O2. The van der Waals surface area contributed by atoms with Crippen LogP contribution in [0.15, 0.2) is 30.5 Å². The largest absolute Gasteiger partial charge is 0.378 e. The second kappa shape index (κ2) is 8.41. The molecule has 1 saturated heterocycles. The smallest absolute Gasteiger partial charge is 0.273 e. The van der Waals surface area contributed by atoms with Crippen LogP contribution < -0.4 is 10.2 Å². The van der Waals surface area contributed by atoms with Crippen molar-refractivity contribution < 1.29 is 9.59 Å². The van der Waals surface area contributed by atoms with Crippen LogP contribution in [-0.2, 0) is 0 Å². The maximum Gasteiger partial charge on any atom is 0.273 e. The summed E-state index contributed by atoms with van der Waals surface area (Å²) in [6, 6.07) is 7.70. The van der Waals surface area contributed by atoms with Gasteiger partial charge in [0.25, 0.3) is 11.8 Å². The molecule has 0 unspecified atom stereocenters. The van der Waals surface area contributed by atoms with E-state index in [-0.39, 0.29) is 23.9 Å². The molecule has 0 saturated carbocycles. The molecule has 2 heterocycles. The fraction of sp³-hybridized carbons (Fsp3) is 0.500. The number of aromatic nitrogens is 3. The Morgan fingerprint density at radius 3 is 2.79 bits per heavy atom. The Morgan fingerprint density at radius 1 is 1.29 bits per heavy atom. The SMILES string of the molecule is CC(C)NC(=O)c1cn([C@@H]2CCCN(C(=O)c3cccc(N(C)C)c3)C2)nn1. The second-order valence-electron chi connectivity index (χ2n) is 7.70. The molecule has 3 rings (SSSR count). The van der Waals surface area contributed by atoms with Crippen LogP contribution in [0.3, 0.4) is 0 Å². The van der Waals surface area contributed by atoms with Gasteiger partial charge in [0, 0.05) is 44.5 Å². The second-order valence-corrected chi connectivity index (χ2v) is 7.70. The summed E-state index contributed by atoms with van der Waals surface area (Å²) in [4.78, 5) is 28.9. The first-order valence-corrected chi connectivity index (χ1v) is 9.64. The Kier molecular flexibility index (Phi) is 5.96. The van der Waals surface area contributed by atoms with E-state index in [9.17, 15) is 9.59 Å². The predicted molar refractivity (Wildman–Crippen MR) is 108 cm³/mol. The minimum Gasteiger partial charge on any atom is -0.378 e. The van der Waals surface area contributed by atoms with Crippen molar-refractivity contribution in [3.05, 3.63) is 41.7 Å². The van der Waals surface area contributed by atoms with Crippen molar-refractivity contribution in [2.45, 2.75) is 38.8 Å². The zero-order chi connectivity index (χ0) is 20.3. The molecule has 2 amide bonds. The van der Waals surface area contributed by atoms with Gasteiger partial charge in [0.2, 0.25) is 0 Å². The topological polar surface area (TPSA) is 83.4 Å². The zero-order valence-corrected chi connectivity index (χ0v) is 16.9. The number of carbonyl (C=O) groups excluding carboxylic acids is 2. The zero-order valence-electron chi connectivity index (χ0n) is 16.9. The lowest BCUT2D eigenvalue weighted by atomic mass is 10.0. The van der Waals surface area contributed by atoms with Crippen LogP contribution in [0.25, 0.3) is 0 Å². The highest BCUT2D eigenvalue weighted by Crippen LogP contribution is 2.23. The molecule has 8 heteroatoms. The molecule has 0 bridgehead atoms. The van der Waals surface area contributed by atoms with Gasteiger partial charge in [-0.05, 0) is 44.9 Å². The fourth-order valence-electron chi connectivity index (χ4n) is 3.35. The van der Waals surface area contributed by atoms with Crippen LogP contribution >= 0.6 is 0 Å². The van der Waals surface area contributed by atoms with E-state index in [0.717, 1.165) is 25.1 Å². The first kappa shape index (κ1) is 19.9. The van der Waals surface area contributed by atoms with Crippen molar-refractivity contribution in [1.82, 2.24) is 25.2 Å². The maximum atomic E-state index is 13.0. The van der Waals surface area contributed by atoms with Gasteiger partial charge in [0.1, 0.15) is 0 Å². The molecular weight excluding hydrogens is 356 g/mol. The molecule has 1 aromatic heterocycles. The van der Waals surface area contributed by atoms with E-state index in [4.69, 9.17) is 0 Å². The van der Waals surface area contributed by atoms with E-state index >= 15 is 0 Å². The number of amides is 2. The van der Waals surface area contributed by atoms with Gasteiger partial charge < -0.3 is 15.1 Å². The third kappa shape index (κ3) is 4.49. The first-order chi connectivity index (χ1) is 13.3. The molecule has 0 aliphatic carbocycles. The number of rotatable bonds is 5. The number of likely N-dealkylation sites (tertiary alicyclic amines) is 1. The van der Waals surface area contributed by atoms with Gasteiger partial charge in [0.05, 0.1) is 12.2 Å². The van der Waals surface area contributed by atoms with Crippen LogP contribution in [0.4, 0.5) is 5.69 Å². The standard InChI is InChI=1S/C20H28N6O2/c1-14(2)21-19(27)18-13-26(23-22-18)17-9-6-10-25(12-17)20(28)15-7-5-8-16(11-15)24(3)4/h5,7-8,11,13-14,17H,6,9-10,12H2,1-4H3,(H,21,27)/t17-/m1/s1. The molecule has 1 N–H and O–H groups in total. The monoisotopic (exact) mass is 384 g/mol. The Balaban J connectivity index is 1.70. The van der Waals surface area contributed by atoms with Gasteiger partial charge in [-0.2, -0.15) is 0 Å². The summed E-state index contributed by atoms with van der Waals surface area (Å²) in [7, 11) is 3.91. The minimum absolute atomic E-state index is 0.0165. The first-order valence-electron chi connectivity index (χ1n) is 9.64. The fourth-order valence-corrected chi connectivity index (χ4v) is 3.35. The van der Waals surface area contributed by atoms with Crippen LogP contribution in [0.2, 0.25) is 0 Å². The number of carbonyl (C=O) groups is 2. The number of hydrogen-bond donors (Lipinski definition) is 1. The van der Waals surface area contributed by atoms with Gasteiger partial charge in [0.15, 0.2) is 5.69 Å². The average molecular weight is 384 g/mol. The minimum atomic E-state index is -0.231. The molecule has 1 aliphatic heterocycles. The van der Waals surface area contributed by atoms with Crippen molar-refractivity contribution in [3.63, 3.8) is 0 Å². The predicted octanol–water partition coefficient (Wildman–Crippen LogP) is 1.96.